The van der Waals surface area contributed by atoms with Crippen LogP contribution in [-0.4, -0.2) is 54.6 Å². The van der Waals surface area contributed by atoms with Crippen LogP contribution in [0.5, 0.6) is 0 Å². The van der Waals surface area contributed by atoms with E-state index in [4.69, 9.17) is 11.6 Å². The third-order valence-corrected chi connectivity index (χ3v) is 5.15. The van der Waals surface area contributed by atoms with E-state index in [2.05, 4.69) is 48.4 Å². The Labute approximate surface area is 173 Å². The molecule has 1 fully saturated rings. The van der Waals surface area contributed by atoms with E-state index >= 15 is 0 Å². The Kier molecular flexibility index (Phi) is 7.41. The molecule has 1 aliphatic heterocycles. The second-order valence-corrected chi connectivity index (χ2v) is 7.88. The minimum absolute atomic E-state index is 0.0904. The number of hydrogen-bond donors (Lipinski definition) is 1. The molecule has 0 bridgehead atoms. The Morgan fingerprint density at radius 3 is 2.52 bits per heavy atom. The first kappa shape index (κ1) is 20.0. The van der Waals surface area contributed by atoms with Crippen molar-refractivity contribution in [1.29, 1.82) is 0 Å². The molecule has 0 saturated carbocycles. The molecule has 1 amide bonds. The molecule has 1 saturated heterocycles. The number of hydrogen-bond acceptors (Lipinski definition) is 4. The zero-order valence-electron chi connectivity index (χ0n) is 14.9. The van der Waals surface area contributed by atoms with Crippen LogP contribution in [0.15, 0.2) is 58.1 Å². The molecule has 0 aromatic heterocycles. The van der Waals surface area contributed by atoms with Gasteiger partial charge in [-0.3, -0.25) is 14.6 Å². The first-order valence-electron chi connectivity index (χ1n) is 8.85. The molecule has 5 nitrogen and oxygen atoms in total. The fourth-order valence-electron chi connectivity index (χ4n) is 2.96. The summed E-state index contributed by atoms with van der Waals surface area (Å²) in [5, 5.41) is 4.79. The molecule has 2 aromatic carbocycles. The molecule has 7 heteroatoms. The number of carbonyl (C=O) groups is 1. The number of nitrogens with one attached hydrogen (secondary N) is 1. The molecule has 1 heterocycles. The Hall–Kier alpha value is -1.73. The van der Waals surface area contributed by atoms with Crippen LogP contribution in [0.3, 0.4) is 0 Å². The quantitative estimate of drug-likeness (QED) is 0.543. The number of piperazine rings is 1. The Morgan fingerprint density at radius 1 is 1.11 bits per heavy atom. The number of benzene rings is 2. The highest BCUT2D eigenvalue weighted by molar-refractivity contribution is 9.10. The Balaban J connectivity index is 1.38. The van der Waals surface area contributed by atoms with Crippen LogP contribution < -0.4 is 5.43 Å². The van der Waals surface area contributed by atoms with E-state index in [1.807, 2.05) is 36.4 Å². The second kappa shape index (κ2) is 9.99. The normalized spacial score (nSPS) is 15.9. The zero-order chi connectivity index (χ0) is 19.1. The largest absolute Gasteiger partial charge is 0.297 e. The molecule has 3 rings (SSSR count). The van der Waals surface area contributed by atoms with Gasteiger partial charge < -0.3 is 0 Å². The highest BCUT2D eigenvalue weighted by atomic mass is 79.9. The number of halogens is 2. The van der Waals surface area contributed by atoms with Crippen molar-refractivity contribution in [3.05, 3.63) is 69.2 Å². The van der Waals surface area contributed by atoms with Gasteiger partial charge in [-0.05, 0) is 35.4 Å². The van der Waals surface area contributed by atoms with E-state index in [0.29, 0.717) is 6.54 Å². The van der Waals surface area contributed by atoms with Crippen molar-refractivity contribution in [2.24, 2.45) is 5.10 Å². The number of amides is 1. The first-order valence-corrected chi connectivity index (χ1v) is 10.0. The van der Waals surface area contributed by atoms with E-state index in [1.165, 1.54) is 5.56 Å². The van der Waals surface area contributed by atoms with E-state index in [-0.39, 0.29) is 5.91 Å². The van der Waals surface area contributed by atoms with Crippen LogP contribution in [0.4, 0.5) is 0 Å². The summed E-state index contributed by atoms with van der Waals surface area (Å²) >= 11 is 9.34. The SMILES string of the molecule is O=C(CN1CCN(Cc2ccc(Cl)cc2)CC1)N/N=C/c1cccc(Br)c1. The second-order valence-electron chi connectivity index (χ2n) is 6.53. The highest BCUT2D eigenvalue weighted by Gasteiger charge is 2.18. The van der Waals surface area contributed by atoms with Crippen LogP contribution in [0.1, 0.15) is 11.1 Å². The van der Waals surface area contributed by atoms with E-state index in [1.54, 1.807) is 6.21 Å². The van der Waals surface area contributed by atoms with Crippen molar-refractivity contribution in [2.75, 3.05) is 32.7 Å². The summed E-state index contributed by atoms with van der Waals surface area (Å²) in [6.45, 7) is 4.90. The number of rotatable bonds is 6. The third-order valence-electron chi connectivity index (χ3n) is 4.40. The summed E-state index contributed by atoms with van der Waals surface area (Å²) in [6.07, 6.45) is 1.65. The molecule has 1 N–H and O–H groups in total. The molecule has 27 heavy (non-hydrogen) atoms. The van der Waals surface area contributed by atoms with Gasteiger partial charge in [0.15, 0.2) is 0 Å². The first-order chi connectivity index (χ1) is 13.1. The maximum Gasteiger partial charge on any atom is 0.254 e. The van der Waals surface area contributed by atoms with Gasteiger partial charge >= 0.3 is 0 Å². The van der Waals surface area contributed by atoms with Crippen LogP contribution in [0.2, 0.25) is 5.02 Å². The van der Waals surface area contributed by atoms with Gasteiger partial charge in [-0.1, -0.05) is 51.8 Å². The van der Waals surface area contributed by atoms with E-state index in [9.17, 15) is 4.79 Å². The lowest BCUT2D eigenvalue weighted by molar-refractivity contribution is -0.122. The van der Waals surface area contributed by atoms with Gasteiger partial charge in [0.1, 0.15) is 0 Å². The predicted octanol–water partition coefficient (Wildman–Crippen LogP) is 3.37. The number of carbonyl (C=O) groups excluding carboxylic acids is 1. The molecule has 0 aliphatic carbocycles. The van der Waals surface area contributed by atoms with Crippen molar-refractivity contribution in [3.8, 4) is 0 Å². The monoisotopic (exact) mass is 448 g/mol. The summed E-state index contributed by atoms with van der Waals surface area (Å²) in [5.41, 5.74) is 4.79. The van der Waals surface area contributed by atoms with Crippen molar-refractivity contribution in [3.63, 3.8) is 0 Å². The molecule has 142 valence electrons. The standard InChI is InChI=1S/C20H22BrClN4O/c21-18-3-1-2-17(12-18)13-23-24-20(27)15-26-10-8-25(9-11-26)14-16-4-6-19(22)7-5-16/h1-7,12-13H,8-11,14-15H2,(H,24,27)/b23-13+. The molecule has 0 radical (unpaired) electrons. The lowest BCUT2D eigenvalue weighted by Crippen LogP contribution is -2.48. The van der Waals surface area contributed by atoms with Gasteiger partial charge in [-0.15, -0.1) is 0 Å². The lowest BCUT2D eigenvalue weighted by Gasteiger charge is -2.34. The van der Waals surface area contributed by atoms with Crippen molar-refractivity contribution < 1.29 is 4.79 Å². The highest BCUT2D eigenvalue weighted by Crippen LogP contribution is 2.13. The Bertz CT molecular complexity index is 789. The van der Waals surface area contributed by atoms with Crippen LogP contribution in [0, 0.1) is 0 Å². The van der Waals surface area contributed by atoms with E-state index < -0.39 is 0 Å². The molecule has 1 aliphatic rings. The molecule has 0 unspecified atom stereocenters. The fourth-order valence-corrected chi connectivity index (χ4v) is 3.50. The maximum atomic E-state index is 12.1. The van der Waals surface area contributed by atoms with Crippen molar-refractivity contribution in [1.82, 2.24) is 15.2 Å². The van der Waals surface area contributed by atoms with E-state index in [0.717, 1.165) is 47.8 Å². The fraction of sp³-hybridized carbons (Fsp3) is 0.300. The lowest BCUT2D eigenvalue weighted by atomic mass is 10.2. The van der Waals surface area contributed by atoms with Gasteiger partial charge in [0, 0.05) is 42.2 Å². The molecule has 2 aromatic rings. The summed E-state index contributed by atoms with van der Waals surface area (Å²) in [5.74, 6) is -0.0904. The smallest absolute Gasteiger partial charge is 0.254 e. The third kappa shape index (κ3) is 6.74. The minimum Gasteiger partial charge on any atom is -0.297 e. The molecule has 0 atom stereocenters. The minimum atomic E-state index is -0.0904. The van der Waals surface area contributed by atoms with Crippen molar-refractivity contribution in [2.45, 2.75) is 6.54 Å². The number of nitrogens with zero attached hydrogens (tertiary/aromatic N) is 3. The summed E-state index contributed by atoms with van der Waals surface area (Å²) < 4.78 is 0.981. The summed E-state index contributed by atoms with van der Waals surface area (Å²) in [4.78, 5) is 16.6. The maximum absolute atomic E-state index is 12.1. The van der Waals surface area contributed by atoms with Crippen LogP contribution in [-0.2, 0) is 11.3 Å². The van der Waals surface area contributed by atoms with Crippen LogP contribution >= 0.6 is 27.5 Å². The van der Waals surface area contributed by atoms with Gasteiger partial charge in [-0.2, -0.15) is 5.10 Å². The molecular formula is C20H22BrClN4O. The van der Waals surface area contributed by atoms with Gasteiger partial charge in [0.25, 0.3) is 5.91 Å². The zero-order valence-corrected chi connectivity index (χ0v) is 17.3. The molecule has 0 spiro atoms. The van der Waals surface area contributed by atoms with Crippen LogP contribution in [0.25, 0.3) is 0 Å². The topological polar surface area (TPSA) is 47.9 Å². The number of hydrazone groups is 1. The average molecular weight is 450 g/mol. The molecular weight excluding hydrogens is 428 g/mol. The van der Waals surface area contributed by atoms with Gasteiger partial charge in [-0.25, -0.2) is 5.43 Å². The van der Waals surface area contributed by atoms with Gasteiger partial charge in [0.05, 0.1) is 12.8 Å². The Morgan fingerprint density at radius 2 is 1.81 bits per heavy atom. The average Bonchev–Trinajstić information content (AvgIpc) is 2.65. The summed E-state index contributed by atoms with van der Waals surface area (Å²) in [6, 6.07) is 15.7. The predicted molar refractivity (Wildman–Crippen MR) is 113 cm³/mol. The summed E-state index contributed by atoms with van der Waals surface area (Å²) in [7, 11) is 0. The van der Waals surface area contributed by atoms with Crippen molar-refractivity contribution >= 4 is 39.7 Å². The van der Waals surface area contributed by atoms with Gasteiger partial charge in [0.2, 0.25) is 0 Å².